The van der Waals surface area contributed by atoms with E-state index >= 15 is 0 Å². The highest BCUT2D eigenvalue weighted by molar-refractivity contribution is 14.1. The number of aromatic nitrogens is 2. The Morgan fingerprint density at radius 2 is 1.19 bits per heavy atom. The van der Waals surface area contributed by atoms with E-state index in [-0.39, 0.29) is 0 Å². The molecule has 2 atom stereocenters. The fourth-order valence-corrected chi connectivity index (χ4v) is 11.1. The first kappa shape index (κ1) is 32.9. The number of nitrogens with zero attached hydrogens (tertiary/aromatic N) is 2. The van der Waals surface area contributed by atoms with Gasteiger partial charge in [-0.15, -0.1) is 45.3 Å². The molecular formula is C34H41IN2O2S4. The predicted octanol–water partition coefficient (Wildman–Crippen LogP) is 12.5. The molecule has 6 aromatic rings. The van der Waals surface area contributed by atoms with E-state index in [9.17, 15) is 9.59 Å². The first-order chi connectivity index (χ1) is 21.0. The zero-order valence-electron chi connectivity index (χ0n) is 25.5. The van der Waals surface area contributed by atoms with Gasteiger partial charge in [-0.2, -0.15) is 0 Å². The lowest BCUT2D eigenvalue weighted by Crippen LogP contribution is -2.09. The third kappa shape index (κ3) is 7.00. The van der Waals surface area contributed by atoms with Crippen molar-refractivity contribution < 1.29 is 9.59 Å². The molecule has 0 saturated heterocycles. The first-order valence-corrected chi connectivity index (χ1v) is 20.0. The van der Waals surface area contributed by atoms with E-state index in [0.717, 1.165) is 47.3 Å². The Balaban J connectivity index is 0.000000171. The summed E-state index contributed by atoms with van der Waals surface area (Å²) in [5.41, 5.74) is 5.19. The van der Waals surface area contributed by atoms with Crippen molar-refractivity contribution in [2.75, 3.05) is 0 Å². The Bertz CT molecular complexity index is 1810. The number of hydrogen-bond acceptors (Lipinski definition) is 6. The van der Waals surface area contributed by atoms with E-state index in [0.29, 0.717) is 0 Å². The molecule has 0 aliphatic carbocycles. The van der Waals surface area contributed by atoms with Gasteiger partial charge < -0.3 is 9.13 Å². The minimum absolute atomic E-state index is 0.718. The van der Waals surface area contributed by atoms with Gasteiger partial charge in [-0.05, 0) is 76.9 Å². The Hall–Kier alpha value is -1.53. The molecule has 0 spiro atoms. The molecule has 6 aromatic heterocycles. The largest absolute Gasteiger partial charge is 0.339 e. The van der Waals surface area contributed by atoms with Gasteiger partial charge in [0.05, 0.1) is 53.5 Å². The number of aldehydes is 2. The van der Waals surface area contributed by atoms with Crippen molar-refractivity contribution in [3.8, 4) is 0 Å². The molecule has 6 heterocycles. The number of hydrogen-bond donors (Lipinski definition) is 0. The van der Waals surface area contributed by atoms with Crippen LogP contribution < -0.4 is 0 Å². The minimum Gasteiger partial charge on any atom is -0.339 e. The second kappa shape index (κ2) is 15.2. The average Bonchev–Trinajstić information content (AvgIpc) is 3.85. The second-order valence-corrected chi connectivity index (χ2v) is 17.4. The maximum Gasteiger partial charge on any atom is 0.160 e. The fraction of sp³-hybridized carbons (Fsp3) is 0.471. The molecule has 0 aromatic carbocycles. The van der Waals surface area contributed by atoms with Crippen molar-refractivity contribution in [1.29, 1.82) is 0 Å². The van der Waals surface area contributed by atoms with Gasteiger partial charge in [-0.1, -0.05) is 66.2 Å². The van der Waals surface area contributed by atoms with E-state index in [1.54, 1.807) is 34.0 Å². The number of rotatable bonds is 14. The number of thiophene rings is 4. The Morgan fingerprint density at radius 3 is 1.70 bits per heavy atom. The van der Waals surface area contributed by atoms with Crippen LogP contribution >= 0.6 is 67.9 Å². The first-order valence-electron chi connectivity index (χ1n) is 15.6. The van der Waals surface area contributed by atoms with Crippen LogP contribution in [0.4, 0.5) is 0 Å². The molecule has 4 nitrogen and oxygen atoms in total. The highest BCUT2D eigenvalue weighted by Gasteiger charge is 2.20. The van der Waals surface area contributed by atoms with Crippen LogP contribution in [0.25, 0.3) is 40.9 Å². The van der Waals surface area contributed by atoms with Crippen molar-refractivity contribution in [3.63, 3.8) is 0 Å². The van der Waals surface area contributed by atoms with E-state index in [1.165, 1.54) is 95.1 Å². The summed E-state index contributed by atoms with van der Waals surface area (Å²) in [7, 11) is 0. The Labute approximate surface area is 284 Å². The van der Waals surface area contributed by atoms with Crippen LogP contribution in [-0.2, 0) is 13.1 Å². The zero-order valence-corrected chi connectivity index (χ0v) is 30.9. The lowest BCUT2D eigenvalue weighted by Gasteiger charge is -2.16. The third-order valence-corrected chi connectivity index (χ3v) is 13.8. The van der Waals surface area contributed by atoms with Gasteiger partial charge in [0.1, 0.15) is 0 Å². The number of carbonyl (C=O) groups is 2. The third-order valence-electron chi connectivity index (χ3n) is 8.57. The topological polar surface area (TPSA) is 44.0 Å². The van der Waals surface area contributed by atoms with Crippen LogP contribution in [0, 0.1) is 14.7 Å². The summed E-state index contributed by atoms with van der Waals surface area (Å²) in [6.07, 6.45) is 12.1. The lowest BCUT2D eigenvalue weighted by atomic mass is 9.99. The number of carbonyl (C=O) groups excluding carboxylic acids is 2. The van der Waals surface area contributed by atoms with E-state index < -0.39 is 0 Å². The molecule has 0 radical (unpaired) electrons. The number of fused-ring (bicyclic) bond motifs is 6. The quantitative estimate of drug-likeness (QED) is 0.0819. The second-order valence-electron chi connectivity index (χ2n) is 11.4. The maximum atomic E-state index is 11.1. The van der Waals surface area contributed by atoms with Gasteiger partial charge in [0.15, 0.2) is 12.6 Å². The molecule has 230 valence electrons. The normalized spacial score (nSPS) is 13.2. The molecule has 0 fully saturated rings. The van der Waals surface area contributed by atoms with Crippen molar-refractivity contribution in [1.82, 2.24) is 9.13 Å². The van der Waals surface area contributed by atoms with Crippen LogP contribution in [0.2, 0.25) is 0 Å². The summed E-state index contributed by atoms with van der Waals surface area (Å²) in [4.78, 5) is 23.9. The van der Waals surface area contributed by atoms with E-state index in [4.69, 9.17) is 0 Å². The number of unbranched alkanes of at least 4 members (excludes halogenated alkanes) is 2. The van der Waals surface area contributed by atoms with Gasteiger partial charge in [-0.3, -0.25) is 9.59 Å². The molecule has 6 rings (SSSR count). The van der Waals surface area contributed by atoms with Crippen LogP contribution in [0.1, 0.15) is 98.4 Å². The zero-order chi connectivity index (χ0) is 30.5. The van der Waals surface area contributed by atoms with Crippen LogP contribution in [0.5, 0.6) is 0 Å². The molecule has 0 aliphatic rings. The molecule has 43 heavy (non-hydrogen) atoms. The van der Waals surface area contributed by atoms with Crippen LogP contribution in [0.15, 0.2) is 29.6 Å². The minimum atomic E-state index is 0.718. The summed E-state index contributed by atoms with van der Waals surface area (Å²) in [5, 5.41) is 2.16. The van der Waals surface area contributed by atoms with Crippen molar-refractivity contribution in [3.05, 3.63) is 42.3 Å². The van der Waals surface area contributed by atoms with Crippen molar-refractivity contribution in [2.24, 2.45) is 11.8 Å². The SMILES string of the molecule is CCCCC(CC)Cn1c2cc(I)sc2c2sc(C=O)cc21.CCCCC(CC)Cn1c2ccsc2c2sc(C=O)cc21. The highest BCUT2D eigenvalue weighted by Crippen LogP contribution is 2.41. The van der Waals surface area contributed by atoms with Crippen LogP contribution in [0.3, 0.4) is 0 Å². The van der Waals surface area contributed by atoms with E-state index in [2.05, 4.69) is 89.1 Å². The molecule has 0 N–H and O–H groups in total. The molecule has 0 amide bonds. The molecule has 0 bridgehead atoms. The summed E-state index contributed by atoms with van der Waals surface area (Å²) in [5.74, 6) is 1.44. The van der Waals surface area contributed by atoms with Gasteiger partial charge in [-0.25, -0.2) is 0 Å². The Kier molecular flexibility index (Phi) is 11.6. The molecule has 0 saturated carbocycles. The maximum absolute atomic E-state index is 11.1. The molecule has 9 heteroatoms. The van der Waals surface area contributed by atoms with Gasteiger partial charge >= 0.3 is 0 Å². The summed E-state index contributed by atoms with van der Waals surface area (Å²) in [6.45, 7) is 11.2. The predicted molar refractivity (Wildman–Crippen MR) is 200 cm³/mol. The smallest absolute Gasteiger partial charge is 0.160 e. The van der Waals surface area contributed by atoms with Crippen molar-refractivity contribution in [2.45, 2.75) is 92.2 Å². The lowest BCUT2D eigenvalue weighted by molar-refractivity contribution is 0.111. The summed E-state index contributed by atoms with van der Waals surface area (Å²) in [6, 6.07) is 8.64. The molecule has 0 aliphatic heterocycles. The molecule has 2 unspecified atom stereocenters. The highest BCUT2D eigenvalue weighted by atomic mass is 127. The average molecular weight is 765 g/mol. The number of halogens is 1. The van der Waals surface area contributed by atoms with Gasteiger partial charge in [0.25, 0.3) is 0 Å². The van der Waals surface area contributed by atoms with Gasteiger partial charge in [0, 0.05) is 13.1 Å². The summed E-state index contributed by atoms with van der Waals surface area (Å²) < 4.78 is 11.5. The monoisotopic (exact) mass is 764 g/mol. The van der Waals surface area contributed by atoms with Crippen molar-refractivity contribution >= 4 is 121 Å². The standard InChI is InChI=1S/C17H20INOS2.C17H21NOS2/c1-3-5-6-11(4-2)9-19-13-7-12(10-20)21-16(13)17-14(19)8-15(18)22-17;1-3-5-6-12(4-2)10-18-14-7-8-20-16(14)17-15(18)9-13(11-19)21-17/h7-8,10-11H,3-6,9H2,1-2H3;7-9,11-12H,3-6,10H2,1-2H3. The Morgan fingerprint density at radius 1 is 0.698 bits per heavy atom. The molecular weight excluding hydrogens is 724 g/mol. The van der Waals surface area contributed by atoms with Gasteiger partial charge in [0.2, 0.25) is 0 Å². The van der Waals surface area contributed by atoms with Crippen LogP contribution in [-0.4, -0.2) is 21.7 Å². The fourth-order valence-electron chi connectivity index (χ4n) is 6.05. The van der Waals surface area contributed by atoms with E-state index in [1.807, 2.05) is 11.3 Å². The summed E-state index contributed by atoms with van der Waals surface area (Å²) >= 11 is 9.29.